The molecule has 0 aliphatic carbocycles. The van der Waals surface area contributed by atoms with E-state index in [1.165, 1.54) is 0 Å². The highest BCUT2D eigenvalue weighted by Crippen LogP contribution is 2.33. The standard InChI is InChI=1S/C18H16ClO2/c1-3-20-17-11-16(13-5-7-14(19)8-6-13)21-18-10-12(2)4-9-15(17)18/h4-11H,3H2,1-2H3/q+1. The fourth-order valence-electron chi connectivity index (χ4n) is 2.29. The fourth-order valence-corrected chi connectivity index (χ4v) is 2.42. The second-order valence-corrected chi connectivity index (χ2v) is 5.35. The Balaban J connectivity index is 2.21. The maximum atomic E-state index is 6.03. The van der Waals surface area contributed by atoms with E-state index in [1.54, 1.807) is 0 Å². The molecule has 0 saturated carbocycles. The van der Waals surface area contributed by atoms with Crippen molar-refractivity contribution in [3.05, 3.63) is 59.1 Å². The molecule has 0 bridgehead atoms. The van der Waals surface area contributed by atoms with Gasteiger partial charge in [0.05, 0.1) is 18.2 Å². The minimum atomic E-state index is 0.618. The number of benzene rings is 2. The van der Waals surface area contributed by atoms with Crippen LogP contribution in [0.4, 0.5) is 0 Å². The lowest BCUT2D eigenvalue weighted by molar-refractivity contribution is 0.342. The summed E-state index contributed by atoms with van der Waals surface area (Å²) >= 11 is 5.94. The molecule has 3 rings (SSSR count). The average molecular weight is 300 g/mol. The Bertz CT molecular complexity index is 779. The Kier molecular flexibility index (Phi) is 3.80. The van der Waals surface area contributed by atoms with Crippen LogP contribution in [0.2, 0.25) is 5.02 Å². The van der Waals surface area contributed by atoms with E-state index < -0.39 is 0 Å². The average Bonchev–Trinajstić information content (AvgIpc) is 2.47. The van der Waals surface area contributed by atoms with Crippen molar-refractivity contribution in [2.24, 2.45) is 0 Å². The summed E-state index contributed by atoms with van der Waals surface area (Å²) in [5.41, 5.74) is 2.96. The number of fused-ring (bicyclic) bond motifs is 1. The molecule has 1 aromatic heterocycles. The maximum Gasteiger partial charge on any atom is 0.364 e. The Morgan fingerprint density at radius 1 is 1.05 bits per heavy atom. The van der Waals surface area contributed by atoms with Gasteiger partial charge in [-0.3, -0.25) is 0 Å². The number of hydrogen-bond acceptors (Lipinski definition) is 1. The highest BCUT2D eigenvalue weighted by atomic mass is 35.5. The van der Waals surface area contributed by atoms with Gasteiger partial charge in [0.15, 0.2) is 0 Å². The molecular weight excluding hydrogens is 284 g/mol. The van der Waals surface area contributed by atoms with E-state index in [-0.39, 0.29) is 0 Å². The molecule has 0 radical (unpaired) electrons. The molecule has 0 aliphatic rings. The van der Waals surface area contributed by atoms with E-state index >= 15 is 0 Å². The molecule has 21 heavy (non-hydrogen) atoms. The van der Waals surface area contributed by atoms with E-state index in [0.29, 0.717) is 11.6 Å². The first kappa shape index (κ1) is 13.9. The number of halogens is 1. The molecule has 0 unspecified atom stereocenters. The highest BCUT2D eigenvalue weighted by molar-refractivity contribution is 6.30. The van der Waals surface area contributed by atoms with E-state index in [4.69, 9.17) is 20.8 Å². The van der Waals surface area contributed by atoms with Crippen LogP contribution >= 0.6 is 11.6 Å². The summed E-state index contributed by atoms with van der Waals surface area (Å²) in [7, 11) is 0. The minimum Gasteiger partial charge on any atom is -0.493 e. The third-order valence-corrected chi connectivity index (χ3v) is 3.57. The minimum absolute atomic E-state index is 0.618. The van der Waals surface area contributed by atoms with Crippen LogP contribution in [0, 0.1) is 6.92 Å². The molecule has 2 aromatic carbocycles. The van der Waals surface area contributed by atoms with Crippen LogP contribution in [-0.4, -0.2) is 6.61 Å². The summed E-state index contributed by atoms with van der Waals surface area (Å²) < 4.78 is 11.8. The van der Waals surface area contributed by atoms with Crippen molar-refractivity contribution in [2.45, 2.75) is 13.8 Å². The Morgan fingerprint density at radius 2 is 1.81 bits per heavy atom. The van der Waals surface area contributed by atoms with Crippen LogP contribution in [-0.2, 0) is 0 Å². The molecule has 0 amide bonds. The molecule has 0 spiro atoms. The van der Waals surface area contributed by atoms with Crippen molar-refractivity contribution in [3.8, 4) is 17.1 Å². The molecule has 0 aliphatic heterocycles. The van der Waals surface area contributed by atoms with Gasteiger partial charge in [-0.15, -0.1) is 0 Å². The van der Waals surface area contributed by atoms with E-state index in [2.05, 4.69) is 6.07 Å². The van der Waals surface area contributed by atoms with Crippen LogP contribution in [0.15, 0.2) is 52.9 Å². The third kappa shape index (κ3) is 2.86. The summed E-state index contributed by atoms with van der Waals surface area (Å²) in [5, 5.41) is 1.69. The van der Waals surface area contributed by atoms with Crippen LogP contribution in [0.5, 0.6) is 5.75 Å². The van der Waals surface area contributed by atoms with Crippen molar-refractivity contribution < 1.29 is 9.15 Å². The molecule has 3 aromatic rings. The number of hydrogen-bond donors (Lipinski definition) is 0. The molecule has 2 nitrogen and oxygen atoms in total. The first-order valence-electron chi connectivity index (χ1n) is 6.93. The molecule has 0 saturated heterocycles. The SMILES string of the molecule is CCOc1cc(-c2ccc(Cl)cc2)[o+]c2cc(C)ccc12. The monoisotopic (exact) mass is 299 g/mol. The topological polar surface area (TPSA) is 20.5 Å². The van der Waals surface area contributed by atoms with Crippen molar-refractivity contribution in [2.75, 3.05) is 6.61 Å². The second-order valence-electron chi connectivity index (χ2n) is 4.91. The van der Waals surface area contributed by atoms with Gasteiger partial charge in [0, 0.05) is 11.1 Å². The van der Waals surface area contributed by atoms with E-state index in [0.717, 1.165) is 33.6 Å². The lowest BCUT2D eigenvalue weighted by atomic mass is 10.1. The van der Waals surface area contributed by atoms with Gasteiger partial charge in [-0.05, 0) is 49.7 Å². The fraction of sp³-hybridized carbons (Fsp3) is 0.167. The zero-order valence-electron chi connectivity index (χ0n) is 12.0. The third-order valence-electron chi connectivity index (χ3n) is 3.31. The second kappa shape index (κ2) is 5.74. The number of ether oxygens (including phenoxy) is 1. The highest BCUT2D eigenvalue weighted by Gasteiger charge is 2.20. The Morgan fingerprint density at radius 3 is 2.52 bits per heavy atom. The lowest BCUT2D eigenvalue weighted by Gasteiger charge is -2.04. The largest absolute Gasteiger partial charge is 0.493 e. The predicted octanol–water partition coefficient (Wildman–Crippen LogP) is 5.74. The van der Waals surface area contributed by atoms with Crippen molar-refractivity contribution >= 4 is 22.6 Å². The van der Waals surface area contributed by atoms with E-state index in [9.17, 15) is 0 Å². The van der Waals surface area contributed by atoms with Gasteiger partial charge in [-0.25, -0.2) is 4.42 Å². The molecule has 3 heteroatoms. The van der Waals surface area contributed by atoms with Gasteiger partial charge in [-0.1, -0.05) is 17.7 Å². The molecular formula is C18H16ClO2+. The Labute approximate surface area is 128 Å². The van der Waals surface area contributed by atoms with Crippen LogP contribution < -0.4 is 4.74 Å². The van der Waals surface area contributed by atoms with Crippen LogP contribution in [0.25, 0.3) is 22.3 Å². The summed E-state index contributed by atoms with van der Waals surface area (Å²) in [6.07, 6.45) is 0. The van der Waals surface area contributed by atoms with Gasteiger partial charge < -0.3 is 4.74 Å². The molecule has 106 valence electrons. The maximum absolute atomic E-state index is 6.03. The van der Waals surface area contributed by atoms with Crippen molar-refractivity contribution in [1.29, 1.82) is 0 Å². The summed E-state index contributed by atoms with van der Waals surface area (Å²) in [6, 6.07) is 15.6. The lowest BCUT2D eigenvalue weighted by Crippen LogP contribution is -1.93. The normalized spacial score (nSPS) is 10.8. The van der Waals surface area contributed by atoms with Crippen LogP contribution in [0.1, 0.15) is 12.5 Å². The molecule has 1 heterocycles. The van der Waals surface area contributed by atoms with Gasteiger partial charge in [-0.2, -0.15) is 0 Å². The quantitative estimate of drug-likeness (QED) is 0.575. The van der Waals surface area contributed by atoms with Crippen molar-refractivity contribution in [1.82, 2.24) is 0 Å². The molecule has 0 fully saturated rings. The number of rotatable bonds is 3. The van der Waals surface area contributed by atoms with Crippen LogP contribution in [0.3, 0.4) is 0 Å². The molecule has 0 N–H and O–H groups in total. The number of aryl methyl sites for hydroxylation is 1. The Hall–Kier alpha value is -2.06. The van der Waals surface area contributed by atoms with Gasteiger partial charge in [0.25, 0.3) is 0 Å². The summed E-state index contributed by atoms with van der Waals surface area (Å²) in [4.78, 5) is 0. The summed E-state index contributed by atoms with van der Waals surface area (Å²) in [5.74, 6) is 1.61. The first-order valence-corrected chi connectivity index (χ1v) is 7.31. The zero-order chi connectivity index (χ0) is 14.8. The van der Waals surface area contributed by atoms with Gasteiger partial charge in [0.1, 0.15) is 11.1 Å². The predicted molar refractivity (Wildman–Crippen MR) is 87.0 cm³/mol. The summed E-state index contributed by atoms with van der Waals surface area (Å²) in [6.45, 7) is 4.64. The van der Waals surface area contributed by atoms with Crippen molar-refractivity contribution in [3.63, 3.8) is 0 Å². The zero-order valence-corrected chi connectivity index (χ0v) is 12.8. The van der Waals surface area contributed by atoms with E-state index in [1.807, 2.05) is 56.3 Å². The van der Waals surface area contributed by atoms with Gasteiger partial charge >= 0.3 is 11.3 Å². The first-order chi connectivity index (χ1) is 10.2. The smallest absolute Gasteiger partial charge is 0.364 e. The van der Waals surface area contributed by atoms with Gasteiger partial charge in [0.2, 0.25) is 0 Å². The molecule has 0 atom stereocenters.